The molecule has 4 heteroatoms. The number of allylic oxidation sites excluding steroid dienone is 2. The molecule has 0 unspecified atom stereocenters. The van der Waals surface area contributed by atoms with Crippen LogP contribution >= 0.6 is 0 Å². The van der Waals surface area contributed by atoms with Gasteiger partial charge in [-0.1, -0.05) is 72.8 Å². The van der Waals surface area contributed by atoms with Crippen molar-refractivity contribution in [1.29, 1.82) is 0 Å². The molecule has 0 spiro atoms. The first kappa shape index (κ1) is 18.5. The third-order valence-corrected chi connectivity index (χ3v) is 5.54. The van der Waals surface area contributed by atoms with Gasteiger partial charge in [-0.05, 0) is 41.3 Å². The molecule has 0 radical (unpaired) electrons. The number of fused-ring (bicyclic) bond motifs is 2. The minimum atomic E-state index is -4.47. The minimum Gasteiger partial charge on any atom is -0.315 e. The van der Waals surface area contributed by atoms with E-state index >= 15 is 0 Å². The molecule has 1 aromatic heterocycles. The average molecular weight is 401 g/mol. The van der Waals surface area contributed by atoms with Gasteiger partial charge < -0.3 is 4.57 Å². The summed E-state index contributed by atoms with van der Waals surface area (Å²) in [4.78, 5) is 0. The van der Waals surface area contributed by atoms with Crippen LogP contribution in [0.4, 0.5) is 13.2 Å². The number of hydrogen-bond acceptors (Lipinski definition) is 0. The summed E-state index contributed by atoms with van der Waals surface area (Å²) in [5, 5.41) is 0.993. The van der Waals surface area contributed by atoms with Gasteiger partial charge in [0.15, 0.2) is 0 Å². The summed E-state index contributed by atoms with van der Waals surface area (Å²) in [6.07, 6.45) is -1.35. The highest BCUT2D eigenvalue weighted by Gasteiger charge is 2.41. The van der Waals surface area contributed by atoms with Crippen LogP contribution in [0.25, 0.3) is 28.2 Å². The predicted molar refractivity (Wildman–Crippen MR) is 116 cm³/mol. The van der Waals surface area contributed by atoms with E-state index in [0.717, 1.165) is 22.0 Å². The van der Waals surface area contributed by atoms with Crippen molar-refractivity contribution in [2.24, 2.45) is 0 Å². The van der Waals surface area contributed by atoms with Crippen molar-refractivity contribution in [3.8, 4) is 0 Å². The van der Waals surface area contributed by atoms with Crippen molar-refractivity contribution >= 4 is 28.2 Å². The van der Waals surface area contributed by atoms with Crippen LogP contribution < -0.4 is 0 Å². The van der Waals surface area contributed by atoms with Gasteiger partial charge in [-0.25, -0.2) is 0 Å². The second kappa shape index (κ2) is 6.77. The molecule has 148 valence electrons. The fourth-order valence-electron chi connectivity index (χ4n) is 4.26. The van der Waals surface area contributed by atoms with E-state index in [1.807, 2.05) is 72.3 Å². The Morgan fingerprint density at radius 3 is 2.30 bits per heavy atom. The van der Waals surface area contributed by atoms with Crippen LogP contribution in [0, 0.1) is 6.92 Å². The monoisotopic (exact) mass is 401 g/mol. The van der Waals surface area contributed by atoms with E-state index in [-0.39, 0.29) is 5.57 Å². The number of halogens is 3. The summed E-state index contributed by atoms with van der Waals surface area (Å²) >= 11 is 0. The van der Waals surface area contributed by atoms with Crippen LogP contribution in [0.1, 0.15) is 22.3 Å². The standard InChI is InChI=1S/C26H18F3N/c1-17-8-7-12-19-14-15-30(24(17)19)25(18-9-3-2-4-10-18)23-21-13-6-5-11-20(21)16-22(23)26(27,28)29/h2-16H,1H3/b25-23-. The highest BCUT2D eigenvalue weighted by atomic mass is 19.4. The van der Waals surface area contributed by atoms with Gasteiger partial charge in [-0.3, -0.25) is 0 Å². The zero-order valence-electron chi connectivity index (χ0n) is 16.2. The maximum atomic E-state index is 14.2. The normalized spacial score (nSPS) is 15.3. The van der Waals surface area contributed by atoms with Gasteiger partial charge in [0.25, 0.3) is 0 Å². The van der Waals surface area contributed by atoms with Crippen molar-refractivity contribution in [3.05, 3.63) is 113 Å². The fourth-order valence-corrected chi connectivity index (χ4v) is 4.26. The summed E-state index contributed by atoms with van der Waals surface area (Å²) in [5.74, 6) is 0. The topological polar surface area (TPSA) is 4.93 Å². The van der Waals surface area contributed by atoms with Crippen molar-refractivity contribution < 1.29 is 13.2 Å². The lowest BCUT2D eigenvalue weighted by atomic mass is 9.96. The van der Waals surface area contributed by atoms with Crippen molar-refractivity contribution in [3.63, 3.8) is 0 Å². The van der Waals surface area contributed by atoms with E-state index in [4.69, 9.17) is 0 Å². The first-order valence-electron chi connectivity index (χ1n) is 9.70. The number of benzene rings is 3. The molecular weight excluding hydrogens is 383 g/mol. The molecule has 0 saturated carbocycles. The average Bonchev–Trinajstić information content (AvgIpc) is 3.33. The molecule has 1 aliphatic rings. The Balaban J connectivity index is 1.94. The van der Waals surface area contributed by atoms with Gasteiger partial charge in [0.1, 0.15) is 0 Å². The summed E-state index contributed by atoms with van der Waals surface area (Å²) < 4.78 is 44.4. The number of hydrogen-bond donors (Lipinski definition) is 0. The second-order valence-corrected chi connectivity index (χ2v) is 7.43. The molecule has 0 fully saturated rings. The minimum absolute atomic E-state index is 0.213. The lowest BCUT2D eigenvalue weighted by Crippen LogP contribution is -2.14. The Bertz CT molecular complexity index is 1320. The maximum absolute atomic E-state index is 14.2. The van der Waals surface area contributed by atoms with Gasteiger partial charge in [0.2, 0.25) is 0 Å². The molecule has 3 aromatic carbocycles. The van der Waals surface area contributed by atoms with E-state index in [0.29, 0.717) is 16.8 Å². The van der Waals surface area contributed by atoms with E-state index in [1.165, 1.54) is 6.08 Å². The molecule has 4 aromatic rings. The maximum Gasteiger partial charge on any atom is 0.417 e. The van der Waals surface area contributed by atoms with Crippen LogP contribution in [0.15, 0.2) is 90.6 Å². The first-order chi connectivity index (χ1) is 14.4. The van der Waals surface area contributed by atoms with E-state index < -0.39 is 11.7 Å². The van der Waals surface area contributed by atoms with Gasteiger partial charge in [0.05, 0.1) is 16.8 Å². The Kier molecular flexibility index (Phi) is 4.17. The molecule has 1 heterocycles. The highest BCUT2D eigenvalue weighted by molar-refractivity contribution is 6.08. The Hall–Kier alpha value is -3.53. The highest BCUT2D eigenvalue weighted by Crippen LogP contribution is 2.48. The summed E-state index contributed by atoms with van der Waals surface area (Å²) in [6.45, 7) is 1.98. The zero-order chi connectivity index (χ0) is 20.9. The van der Waals surface area contributed by atoms with Gasteiger partial charge >= 0.3 is 6.18 Å². The number of para-hydroxylation sites is 1. The van der Waals surface area contributed by atoms with Crippen LogP contribution in [-0.2, 0) is 0 Å². The molecule has 0 aliphatic heterocycles. The smallest absolute Gasteiger partial charge is 0.315 e. The van der Waals surface area contributed by atoms with Crippen molar-refractivity contribution in [2.75, 3.05) is 0 Å². The largest absolute Gasteiger partial charge is 0.417 e. The lowest BCUT2D eigenvalue weighted by molar-refractivity contribution is -0.0859. The molecule has 1 nitrogen and oxygen atoms in total. The molecular formula is C26H18F3N. The van der Waals surface area contributed by atoms with E-state index in [2.05, 4.69) is 0 Å². The van der Waals surface area contributed by atoms with Gasteiger partial charge in [-0.2, -0.15) is 13.2 Å². The molecule has 0 amide bonds. The summed E-state index contributed by atoms with van der Waals surface area (Å²) in [7, 11) is 0. The molecule has 0 N–H and O–H groups in total. The second-order valence-electron chi connectivity index (χ2n) is 7.43. The molecule has 1 aliphatic carbocycles. The SMILES string of the molecule is Cc1cccc2ccn(/C(=C3\C(C(F)(F)F)=Cc4ccccc43)c3ccccc3)c12. The van der Waals surface area contributed by atoms with Gasteiger partial charge in [0, 0.05) is 17.2 Å². The van der Waals surface area contributed by atoms with Crippen LogP contribution in [-0.4, -0.2) is 10.7 Å². The number of alkyl halides is 3. The molecule has 0 bridgehead atoms. The van der Waals surface area contributed by atoms with Crippen LogP contribution in [0.2, 0.25) is 0 Å². The predicted octanol–water partition coefficient (Wildman–Crippen LogP) is 7.33. The molecule has 30 heavy (non-hydrogen) atoms. The molecule has 5 rings (SSSR count). The fraction of sp³-hybridized carbons (Fsp3) is 0.0769. The molecule has 0 atom stereocenters. The lowest BCUT2D eigenvalue weighted by Gasteiger charge is -2.20. The number of rotatable bonds is 2. The van der Waals surface area contributed by atoms with Gasteiger partial charge in [-0.15, -0.1) is 0 Å². The third-order valence-electron chi connectivity index (χ3n) is 5.54. The van der Waals surface area contributed by atoms with E-state index in [9.17, 15) is 13.2 Å². The first-order valence-corrected chi connectivity index (χ1v) is 9.70. The van der Waals surface area contributed by atoms with Crippen LogP contribution in [0.5, 0.6) is 0 Å². The molecule has 0 saturated heterocycles. The zero-order valence-corrected chi connectivity index (χ0v) is 16.2. The third kappa shape index (κ3) is 2.88. The summed E-state index contributed by atoms with van der Waals surface area (Å²) in [6, 6.07) is 24.2. The number of nitrogens with zero attached hydrogens (tertiary/aromatic N) is 1. The van der Waals surface area contributed by atoms with E-state index in [1.54, 1.807) is 24.3 Å². The van der Waals surface area contributed by atoms with Crippen molar-refractivity contribution in [2.45, 2.75) is 13.1 Å². The quantitative estimate of drug-likeness (QED) is 0.331. The van der Waals surface area contributed by atoms with Crippen molar-refractivity contribution in [1.82, 2.24) is 4.57 Å². The summed E-state index contributed by atoms with van der Waals surface area (Å²) in [5.41, 5.74) is 3.97. The Labute approximate surface area is 172 Å². The number of aryl methyl sites for hydroxylation is 1. The Morgan fingerprint density at radius 1 is 0.800 bits per heavy atom. The number of aromatic nitrogens is 1. The Morgan fingerprint density at radius 2 is 1.53 bits per heavy atom. The van der Waals surface area contributed by atoms with Crippen LogP contribution in [0.3, 0.4) is 0 Å².